The molecule has 0 saturated carbocycles. The van der Waals surface area contributed by atoms with Crippen molar-refractivity contribution in [2.75, 3.05) is 13.1 Å². The second kappa shape index (κ2) is 11.7. The molecular weight excluding hydrogens is 378 g/mol. The van der Waals surface area contributed by atoms with E-state index in [1.54, 1.807) is 58.0 Å². The first-order valence-electron chi connectivity index (χ1n) is 9.42. The van der Waals surface area contributed by atoms with E-state index in [0.29, 0.717) is 18.5 Å². The second-order valence-corrected chi connectivity index (χ2v) is 7.16. The molecule has 0 unspecified atom stereocenters. The van der Waals surface area contributed by atoms with Gasteiger partial charge in [0, 0.05) is 25.1 Å². The summed E-state index contributed by atoms with van der Waals surface area (Å²) in [6.45, 7) is 7.52. The monoisotopic (exact) mass is 407 g/mol. The van der Waals surface area contributed by atoms with Crippen molar-refractivity contribution in [2.45, 2.75) is 52.2 Å². The first kappa shape index (κ1) is 23.9. The van der Waals surface area contributed by atoms with Gasteiger partial charge >= 0.3 is 18.1 Å². The van der Waals surface area contributed by atoms with Gasteiger partial charge in [-0.15, -0.1) is 0 Å². The van der Waals surface area contributed by atoms with Crippen molar-refractivity contribution in [1.29, 1.82) is 0 Å². The number of hydrogen-bond acceptors (Lipinski definition) is 6. The highest BCUT2D eigenvalue weighted by molar-refractivity contribution is 5.97. The number of carbonyl (C=O) groups is 4. The minimum atomic E-state index is -1.26. The fraction of sp³-hybridized carbons (Fsp3) is 0.500. The molecule has 3 N–H and O–H groups in total. The van der Waals surface area contributed by atoms with E-state index < -0.39 is 35.7 Å². The molecule has 0 saturated heterocycles. The zero-order valence-electron chi connectivity index (χ0n) is 17.2. The molecule has 1 aromatic rings. The van der Waals surface area contributed by atoms with Crippen molar-refractivity contribution in [2.24, 2.45) is 0 Å². The largest absolute Gasteiger partial charge is 0.447 e. The molecule has 1 aromatic carbocycles. The number of rotatable bonds is 8. The van der Waals surface area contributed by atoms with E-state index in [0.717, 1.165) is 0 Å². The minimum Gasteiger partial charge on any atom is -0.447 e. The Labute approximate surface area is 170 Å². The Kier molecular flexibility index (Phi) is 9.64. The number of ether oxygens (including phenoxy) is 2. The smallest absolute Gasteiger partial charge is 0.407 e. The number of nitrogens with one attached hydrogen (secondary N) is 3. The van der Waals surface area contributed by atoms with Gasteiger partial charge in [0.25, 0.3) is 5.91 Å². The van der Waals surface area contributed by atoms with Gasteiger partial charge in [-0.2, -0.15) is 0 Å². The highest BCUT2D eigenvalue weighted by atomic mass is 16.6. The maximum absolute atomic E-state index is 12.4. The van der Waals surface area contributed by atoms with Crippen molar-refractivity contribution in [1.82, 2.24) is 16.0 Å². The molecule has 160 valence electrons. The quantitative estimate of drug-likeness (QED) is 0.449. The third kappa shape index (κ3) is 10.1. The molecular formula is C20H29N3O6. The number of urea groups is 1. The molecule has 0 aliphatic heterocycles. The summed E-state index contributed by atoms with van der Waals surface area (Å²) in [5.41, 5.74) is -0.168. The van der Waals surface area contributed by atoms with E-state index in [1.165, 1.54) is 0 Å². The lowest BCUT2D eigenvalue weighted by atomic mass is 10.1. The van der Waals surface area contributed by atoms with Crippen LogP contribution >= 0.6 is 0 Å². The molecule has 0 heterocycles. The SMILES string of the molecule is CCNC(=O)NC(=O)[C@@H](OC(=O)CCCNC(=O)OC(C)(C)C)c1ccccc1. The van der Waals surface area contributed by atoms with Gasteiger partial charge in [0.15, 0.2) is 0 Å². The summed E-state index contributed by atoms with van der Waals surface area (Å²) in [5.74, 6) is -1.38. The Morgan fingerprint density at radius 3 is 2.28 bits per heavy atom. The fourth-order valence-corrected chi connectivity index (χ4v) is 2.21. The molecule has 0 fully saturated rings. The number of alkyl carbamates (subject to hydrolysis) is 1. The van der Waals surface area contributed by atoms with Crippen LogP contribution in [0, 0.1) is 0 Å². The van der Waals surface area contributed by atoms with E-state index in [9.17, 15) is 19.2 Å². The third-order valence-electron chi connectivity index (χ3n) is 3.39. The Balaban J connectivity index is 2.58. The molecule has 9 nitrogen and oxygen atoms in total. The molecule has 1 rings (SSSR count). The van der Waals surface area contributed by atoms with E-state index >= 15 is 0 Å². The molecule has 0 radical (unpaired) electrons. The van der Waals surface area contributed by atoms with Gasteiger partial charge in [-0.05, 0) is 34.1 Å². The molecule has 0 aromatic heterocycles. The summed E-state index contributed by atoms with van der Waals surface area (Å²) < 4.78 is 10.4. The van der Waals surface area contributed by atoms with Crippen LogP contribution in [0.25, 0.3) is 0 Å². The molecule has 0 aliphatic carbocycles. The maximum atomic E-state index is 12.4. The van der Waals surface area contributed by atoms with Crippen LogP contribution in [-0.2, 0) is 19.1 Å². The van der Waals surface area contributed by atoms with Crippen molar-refractivity contribution in [3.8, 4) is 0 Å². The van der Waals surface area contributed by atoms with Crippen LogP contribution in [0.5, 0.6) is 0 Å². The summed E-state index contributed by atoms with van der Waals surface area (Å²) >= 11 is 0. The van der Waals surface area contributed by atoms with E-state index in [-0.39, 0.29) is 13.0 Å². The highest BCUT2D eigenvalue weighted by Crippen LogP contribution is 2.18. The third-order valence-corrected chi connectivity index (χ3v) is 3.39. The number of amides is 4. The molecule has 9 heteroatoms. The van der Waals surface area contributed by atoms with Crippen LogP contribution in [0.1, 0.15) is 52.2 Å². The van der Waals surface area contributed by atoms with Gasteiger partial charge < -0.3 is 20.1 Å². The van der Waals surface area contributed by atoms with Crippen molar-refractivity contribution in [3.05, 3.63) is 35.9 Å². The number of esters is 1. The summed E-state index contributed by atoms with van der Waals surface area (Å²) in [5, 5.41) is 7.13. The Hall–Kier alpha value is -3.10. The van der Waals surface area contributed by atoms with Gasteiger partial charge in [0.05, 0.1) is 0 Å². The van der Waals surface area contributed by atoms with Crippen LogP contribution < -0.4 is 16.0 Å². The van der Waals surface area contributed by atoms with E-state index in [1.807, 2.05) is 0 Å². The normalized spacial score (nSPS) is 11.7. The number of imide groups is 1. The van der Waals surface area contributed by atoms with Crippen molar-refractivity contribution in [3.63, 3.8) is 0 Å². The molecule has 1 atom stereocenters. The predicted molar refractivity (Wildman–Crippen MR) is 106 cm³/mol. The molecule has 0 aliphatic rings. The topological polar surface area (TPSA) is 123 Å². The first-order valence-corrected chi connectivity index (χ1v) is 9.42. The lowest BCUT2D eigenvalue weighted by Gasteiger charge is -2.20. The highest BCUT2D eigenvalue weighted by Gasteiger charge is 2.26. The average molecular weight is 407 g/mol. The second-order valence-electron chi connectivity index (χ2n) is 7.16. The van der Waals surface area contributed by atoms with Gasteiger partial charge in [-0.3, -0.25) is 14.9 Å². The van der Waals surface area contributed by atoms with Gasteiger partial charge in [-0.25, -0.2) is 9.59 Å². The number of carbonyl (C=O) groups excluding carboxylic acids is 4. The summed E-state index contributed by atoms with van der Waals surface area (Å²) in [7, 11) is 0. The number of hydrogen-bond donors (Lipinski definition) is 3. The van der Waals surface area contributed by atoms with Crippen LogP contribution in [0.15, 0.2) is 30.3 Å². The average Bonchev–Trinajstić information content (AvgIpc) is 2.62. The number of benzene rings is 1. The molecule has 0 bridgehead atoms. The Morgan fingerprint density at radius 1 is 1.03 bits per heavy atom. The molecule has 29 heavy (non-hydrogen) atoms. The van der Waals surface area contributed by atoms with Gasteiger partial charge in [-0.1, -0.05) is 30.3 Å². The van der Waals surface area contributed by atoms with Crippen molar-refractivity contribution >= 4 is 24.0 Å². The van der Waals surface area contributed by atoms with Gasteiger partial charge in [0.1, 0.15) is 5.60 Å². The standard InChI is InChI=1S/C20H29N3O6/c1-5-21-18(26)23-17(25)16(14-10-7-6-8-11-14)28-15(24)12-9-13-22-19(27)29-20(2,3)4/h6-8,10-11,16H,5,9,12-13H2,1-4H3,(H,22,27)(H2,21,23,25,26)/t16-/m0/s1. The summed E-state index contributed by atoms with van der Waals surface area (Å²) in [6, 6.07) is 7.72. The Bertz CT molecular complexity index is 700. The van der Waals surface area contributed by atoms with Gasteiger partial charge in [0.2, 0.25) is 6.10 Å². The lowest BCUT2D eigenvalue weighted by Crippen LogP contribution is -2.42. The lowest BCUT2D eigenvalue weighted by molar-refractivity contribution is -0.156. The van der Waals surface area contributed by atoms with Crippen LogP contribution in [0.4, 0.5) is 9.59 Å². The van der Waals surface area contributed by atoms with Crippen molar-refractivity contribution < 1.29 is 28.7 Å². The molecule has 0 spiro atoms. The fourth-order valence-electron chi connectivity index (χ4n) is 2.21. The predicted octanol–water partition coefficient (Wildman–Crippen LogP) is 2.42. The van der Waals surface area contributed by atoms with Crippen LogP contribution in [0.3, 0.4) is 0 Å². The first-order chi connectivity index (χ1) is 13.6. The van der Waals surface area contributed by atoms with E-state index in [2.05, 4.69) is 16.0 Å². The van der Waals surface area contributed by atoms with E-state index in [4.69, 9.17) is 9.47 Å². The zero-order valence-corrected chi connectivity index (χ0v) is 17.2. The Morgan fingerprint density at radius 2 is 1.69 bits per heavy atom. The minimum absolute atomic E-state index is 0.0203. The summed E-state index contributed by atoms with van der Waals surface area (Å²) in [6.07, 6.45) is -1.55. The maximum Gasteiger partial charge on any atom is 0.407 e. The molecule has 4 amide bonds. The summed E-state index contributed by atoms with van der Waals surface area (Å²) in [4.78, 5) is 47.7. The van der Waals surface area contributed by atoms with Crippen LogP contribution in [-0.4, -0.2) is 42.7 Å². The zero-order chi connectivity index (χ0) is 21.9. The van der Waals surface area contributed by atoms with Crippen LogP contribution in [0.2, 0.25) is 0 Å².